The lowest BCUT2D eigenvalue weighted by atomic mass is 10.1. The summed E-state index contributed by atoms with van der Waals surface area (Å²) in [5, 5.41) is 2.72. The number of benzene rings is 2. The second-order valence-corrected chi connectivity index (χ2v) is 6.36. The van der Waals surface area contributed by atoms with Crippen LogP contribution in [0.1, 0.15) is 18.9 Å². The van der Waals surface area contributed by atoms with Gasteiger partial charge in [0.15, 0.2) is 6.61 Å². The average molecular weight is 373 g/mol. The Morgan fingerprint density at radius 2 is 1.92 bits per heavy atom. The molecule has 0 saturated carbocycles. The lowest BCUT2D eigenvalue weighted by Gasteiger charge is -2.10. The number of para-hydroxylation sites is 1. The molecule has 0 unspecified atom stereocenters. The summed E-state index contributed by atoms with van der Waals surface area (Å²) in [5.41, 5.74) is 1.63. The zero-order valence-electron chi connectivity index (χ0n) is 15.0. The molecular formula is C20H23NO4S. The zero-order valence-corrected chi connectivity index (χ0v) is 15.8. The number of aryl methyl sites for hydroxylation is 1. The van der Waals surface area contributed by atoms with E-state index in [0.717, 1.165) is 16.2 Å². The van der Waals surface area contributed by atoms with Crippen molar-refractivity contribution in [3.8, 4) is 5.75 Å². The molecule has 2 rings (SSSR count). The number of carbonyl (C=O) groups is 2. The molecule has 2 aromatic carbocycles. The fourth-order valence-corrected chi connectivity index (χ4v) is 2.82. The van der Waals surface area contributed by atoms with Crippen LogP contribution in [0.25, 0.3) is 0 Å². The van der Waals surface area contributed by atoms with E-state index in [1.165, 1.54) is 0 Å². The smallest absolute Gasteiger partial charge is 0.306 e. The minimum atomic E-state index is -0.413. The summed E-state index contributed by atoms with van der Waals surface area (Å²) >= 11 is 1.59. The van der Waals surface area contributed by atoms with Crippen molar-refractivity contribution < 1.29 is 19.1 Å². The van der Waals surface area contributed by atoms with E-state index in [4.69, 9.17) is 9.47 Å². The molecule has 1 N–H and O–H groups in total. The summed E-state index contributed by atoms with van der Waals surface area (Å²) in [5.74, 6) is 0.00449. The highest BCUT2D eigenvalue weighted by atomic mass is 32.2. The normalized spacial score (nSPS) is 10.2. The Labute approximate surface area is 158 Å². The van der Waals surface area contributed by atoms with Crippen LogP contribution in [-0.4, -0.2) is 31.3 Å². The van der Waals surface area contributed by atoms with E-state index in [1.807, 2.05) is 55.6 Å². The highest BCUT2D eigenvalue weighted by molar-refractivity contribution is 7.98. The molecule has 0 radical (unpaired) electrons. The molecule has 0 bridgehead atoms. The number of nitrogens with one attached hydrogen (secondary N) is 1. The van der Waals surface area contributed by atoms with Crippen molar-refractivity contribution >= 4 is 29.3 Å². The molecule has 0 aliphatic heterocycles. The molecule has 1 amide bonds. The van der Waals surface area contributed by atoms with Crippen LogP contribution in [0.2, 0.25) is 0 Å². The number of esters is 1. The van der Waals surface area contributed by atoms with Gasteiger partial charge >= 0.3 is 5.97 Å². The lowest BCUT2D eigenvalue weighted by Crippen LogP contribution is -2.21. The minimum absolute atomic E-state index is 0.194. The van der Waals surface area contributed by atoms with Crippen LogP contribution in [0.3, 0.4) is 0 Å². The molecule has 2 aromatic rings. The van der Waals surface area contributed by atoms with E-state index in [-0.39, 0.29) is 18.9 Å². The first kappa shape index (κ1) is 19.8. The number of hydrogen-bond donors (Lipinski definition) is 1. The van der Waals surface area contributed by atoms with Gasteiger partial charge in [-0.15, -0.1) is 11.8 Å². The van der Waals surface area contributed by atoms with Gasteiger partial charge in [-0.05, 0) is 49.4 Å². The summed E-state index contributed by atoms with van der Waals surface area (Å²) in [6, 6.07) is 15.1. The van der Waals surface area contributed by atoms with Gasteiger partial charge in [0.25, 0.3) is 5.91 Å². The Morgan fingerprint density at radius 3 is 2.69 bits per heavy atom. The second-order valence-electron chi connectivity index (χ2n) is 5.48. The van der Waals surface area contributed by atoms with Crippen LogP contribution in [0, 0.1) is 0 Å². The van der Waals surface area contributed by atoms with E-state index in [9.17, 15) is 9.59 Å². The highest BCUT2D eigenvalue weighted by Gasteiger charge is 2.10. The highest BCUT2D eigenvalue weighted by Crippen LogP contribution is 2.20. The third kappa shape index (κ3) is 6.44. The lowest BCUT2D eigenvalue weighted by molar-refractivity contribution is -0.147. The van der Waals surface area contributed by atoms with Gasteiger partial charge in [-0.1, -0.05) is 24.3 Å². The van der Waals surface area contributed by atoms with E-state index >= 15 is 0 Å². The Hall–Kier alpha value is -2.47. The molecular weight excluding hydrogens is 350 g/mol. The van der Waals surface area contributed by atoms with Crippen molar-refractivity contribution in [2.24, 2.45) is 0 Å². The number of carbonyl (C=O) groups excluding carboxylic acids is 2. The maximum atomic E-state index is 11.9. The quantitative estimate of drug-likeness (QED) is 0.533. The molecule has 0 saturated heterocycles. The molecule has 0 aliphatic rings. The van der Waals surface area contributed by atoms with Gasteiger partial charge in [-0.25, -0.2) is 0 Å². The molecule has 0 atom stereocenters. The Morgan fingerprint density at radius 1 is 1.12 bits per heavy atom. The molecule has 0 aromatic heterocycles. The van der Waals surface area contributed by atoms with Crippen molar-refractivity contribution in [3.63, 3.8) is 0 Å². The standard InChI is InChI=1S/C20H23NO4S/c1-3-24-18-10-5-4-7-15(18)11-12-20(23)25-14-19(22)21-16-8-6-9-17(13-16)26-2/h4-10,13H,3,11-12,14H2,1-2H3,(H,21,22). The van der Waals surface area contributed by atoms with Crippen molar-refractivity contribution in [1.29, 1.82) is 0 Å². The number of anilines is 1. The third-order valence-corrected chi connectivity index (χ3v) is 4.31. The van der Waals surface area contributed by atoms with Crippen LogP contribution in [0.4, 0.5) is 5.69 Å². The predicted molar refractivity (Wildman–Crippen MR) is 104 cm³/mol. The first-order valence-corrected chi connectivity index (χ1v) is 9.65. The number of thioether (sulfide) groups is 1. The van der Waals surface area contributed by atoms with Crippen molar-refractivity contribution in [2.75, 3.05) is 24.8 Å². The molecule has 5 nitrogen and oxygen atoms in total. The maximum absolute atomic E-state index is 11.9. The van der Waals surface area contributed by atoms with Gasteiger partial charge in [0.1, 0.15) is 5.75 Å². The van der Waals surface area contributed by atoms with E-state index in [1.54, 1.807) is 17.8 Å². The molecule has 138 valence electrons. The first-order chi connectivity index (χ1) is 12.6. The zero-order chi connectivity index (χ0) is 18.8. The van der Waals surface area contributed by atoms with Gasteiger partial charge in [-0.3, -0.25) is 9.59 Å². The largest absolute Gasteiger partial charge is 0.494 e. The van der Waals surface area contributed by atoms with Crippen LogP contribution in [0.15, 0.2) is 53.4 Å². The molecule has 6 heteroatoms. The summed E-state index contributed by atoms with van der Waals surface area (Å²) in [7, 11) is 0. The van der Waals surface area contributed by atoms with Crippen LogP contribution in [-0.2, 0) is 20.7 Å². The fourth-order valence-electron chi connectivity index (χ4n) is 2.36. The topological polar surface area (TPSA) is 64.6 Å². The Bertz CT molecular complexity index is 748. The van der Waals surface area contributed by atoms with Crippen LogP contribution < -0.4 is 10.1 Å². The Balaban J connectivity index is 1.77. The number of hydrogen-bond acceptors (Lipinski definition) is 5. The molecule has 0 fully saturated rings. The van der Waals surface area contributed by atoms with Gasteiger partial charge in [0.05, 0.1) is 6.61 Å². The van der Waals surface area contributed by atoms with Gasteiger partial charge in [0, 0.05) is 17.0 Å². The van der Waals surface area contributed by atoms with Crippen LogP contribution >= 0.6 is 11.8 Å². The van der Waals surface area contributed by atoms with Gasteiger partial charge in [0.2, 0.25) is 0 Å². The van der Waals surface area contributed by atoms with E-state index < -0.39 is 5.97 Å². The van der Waals surface area contributed by atoms with Crippen LogP contribution in [0.5, 0.6) is 5.75 Å². The predicted octanol–water partition coefficient (Wildman–Crippen LogP) is 3.92. The Kier molecular flexibility index (Phi) is 8.02. The number of ether oxygens (including phenoxy) is 2. The molecule has 0 spiro atoms. The average Bonchev–Trinajstić information content (AvgIpc) is 2.66. The molecule has 0 heterocycles. The van der Waals surface area contributed by atoms with Crippen molar-refractivity contribution in [3.05, 3.63) is 54.1 Å². The number of amides is 1. The number of rotatable bonds is 9. The second kappa shape index (κ2) is 10.5. The first-order valence-electron chi connectivity index (χ1n) is 8.42. The van der Waals surface area contributed by atoms with Gasteiger partial charge in [-0.2, -0.15) is 0 Å². The summed E-state index contributed by atoms with van der Waals surface area (Å²) < 4.78 is 10.6. The van der Waals surface area contributed by atoms with E-state index in [0.29, 0.717) is 18.7 Å². The maximum Gasteiger partial charge on any atom is 0.306 e. The van der Waals surface area contributed by atoms with E-state index in [2.05, 4.69) is 5.32 Å². The SMILES string of the molecule is CCOc1ccccc1CCC(=O)OCC(=O)Nc1cccc(SC)c1. The summed E-state index contributed by atoms with van der Waals surface area (Å²) in [6.45, 7) is 2.19. The summed E-state index contributed by atoms with van der Waals surface area (Å²) in [6.07, 6.45) is 2.66. The van der Waals surface area contributed by atoms with Crippen molar-refractivity contribution in [2.45, 2.75) is 24.7 Å². The van der Waals surface area contributed by atoms with Gasteiger partial charge < -0.3 is 14.8 Å². The molecule has 0 aliphatic carbocycles. The van der Waals surface area contributed by atoms with Crippen molar-refractivity contribution in [1.82, 2.24) is 0 Å². The third-order valence-electron chi connectivity index (χ3n) is 3.59. The molecule has 26 heavy (non-hydrogen) atoms. The minimum Gasteiger partial charge on any atom is -0.494 e. The summed E-state index contributed by atoms with van der Waals surface area (Å²) in [4.78, 5) is 24.9. The monoisotopic (exact) mass is 373 g/mol. The fraction of sp³-hybridized carbons (Fsp3) is 0.300.